The van der Waals surface area contributed by atoms with Gasteiger partial charge >= 0.3 is 0 Å². The molecule has 0 radical (unpaired) electrons. The summed E-state index contributed by atoms with van der Waals surface area (Å²) >= 11 is 3.51. The summed E-state index contributed by atoms with van der Waals surface area (Å²) in [5.41, 5.74) is 2.48. The van der Waals surface area contributed by atoms with E-state index in [9.17, 15) is 0 Å². The van der Waals surface area contributed by atoms with Crippen molar-refractivity contribution >= 4 is 32.4 Å². The van der Waals surface area contributed by atoms with Crippen LogP contribution in [0.25, 0.3) is 10.8 Å². The molecule has 2 nitrogen and oxygen atoms in total. The summed E-state index contributed by atoms with van der Waals surface area (Å²) in [6.07, 6.45) is 5.54. The standard InChI is InChI=1S/C18H19BrN2/c1-2-8-21-9-7-14(13-21)12-20-18-6-4-15-10-17(19)5-3-16(15)11-18/h3-7,9-11,13,20H,2,8,12H2,1H3. The molecule has 1 aromatic heterocycles. The first-order chi connectivity index (χ1) is 10.2. The third kappa shape index (κ3) is 3.48. The molecule has 0 saturated heterocycles. The van der Waals surface area contributed by atoms with Crippen LogP contribution in [-0.4, -0.2) is 4.57 Å². The highest BCUT2D eigenvalue weighted by Gasteiger charge is 1.99. The minimum absolute atomic E-state index is 0.860. The fourth-order valence-corrected chi connectivity index (χ4v) is 2.90. The van der Waals surface area contributed by atoms with Crippen molar-refractivity contribution in [1.29, 1.82) is 0 Å². The fraction of sp³-hybridized carbons (Fsp3) is 0.222. The second-order valence-electron chi connectivity index (χ2n) is 5.32. The molecule has 1 heterocycles. The van der Waals surface area contributed by atoms with E-state index in [1.165, 1.54) is 22.8 Å². The lowest BCUT2D eigenvalue weighted by Crippen LogP contribution is -1.98. The summed E-state index contributed by atoms with van der Waals surface area (Å²) in [5.74, 6) is 0. The second-order valence-corrected chi connectivity index (χ2v) is 6.23. The highest BCUT2D eigenvalue weighted by molar-refractivity contribution is 9.10. The monoisotopic (exact) mass is 342 g/mol. The Morgan fingerprint density at radius 2 is 1.86 bits per heavy atom. The van der Waals surface area contributed by atoms with Gasteiger partial charge in [0.05, 0.1) is 0 Å². The molecule has 3 heteroatoms. The van der Waals surface area contributed by atoms with E-state index >= 15 is 0 Å². The average Bonchev–Trinajstić information content (AvgIpc) is 2.93. The zero-order chi connectivity index (χ0) is 14.7. The Labute approximate surface area is 133 Å². The van der Waals surface area contributed by atoms with E-state index in [4.69, 9.17) is 0 Å². The zero-order valence-corrected chi connectivity index (χ0v) is 13.7. The van der Waals surface area contributed by atoms with Gasteiger partial charge in [-0.05, 0) is 53.1 Å². The molecule has 3 aromatic rings. The molecule has 0 amide bonds. The molecule has 21 heavy (non-hydrogen) atoms. The van der Waals surface area contributed by atoms with Crippen molar-refractivity contribution < 1.29 is 0 Å². The average molecular weight is 343 g/mol. The first kappa shape index (κ1) is 14.2. The van der Waals surface area contributed by atoms with Gasteiger partial charge in [-0.1, -0.05) is 35.0 Å². The predicted molar refractivity (Wildman–Crippen MR) is 93.7 cm³/mol. The topological polar surface area (TPSA) is 17.0 Å². The molecule has 0 fully saturated rings. The molecule has 3 rings (SSSR count). The van der Waals surface area contributed by atoms with Gasteiger partial charge in [-0.15, -0.1) is 0 Å². The Morgan fingerprint density at radius 1 is 1.05 bits per heavy atom. The van der Waals surface area contributed by atoms with Crippen LogP contribution in [0.1, 0.15) is 18.9 Å². The number of hydrogen-bond acceptors (Lipinski definition) is 1. The molecule has 0 bridgehead atoms. The Morgan fingerprint density at radius 3 is 2.71 bits per heavy atom. The molecule has 0 saturated carbocycles. The molecule has 108 valence electrons. The summed E-state index contributed by atoms with van der Waals surface area (Å²) in [5, 5.41) is 6.01. The van der Waals surface area contributed by atoms with Crippen LogP contribution in [0.2, 0.25) is 0 Å². The number of nitrogens with one attached hydrogen (secondary N) is 1. The van der Waals surface area contributed by atoms with E-state index in [1.807, 2.05) is 0 Å². The zero-order valence-electron chi connectivity index (χ0n) is 12.1. The van der Waals surface area contributed by atoms with Crippen LogP contribution in [0.3, 0.4) is 0 Å². The van der Waals surface area contributed by atoms with Crippen LogP contribution in [0, 0.1) is 0 Å². The number of aromatic nitrogens is 1. The van der Waals surface area contributed by atoms with Crippen LogP contribution in [0.4, 0.5) is 5.69 Å². The van der Waals surface area contributed by atoms with Crippen molar-refractivity contribution in [3.63, 3.8) is 0 Å². The van der Waals surface area contributed by atoms with E-state index in [1.54, 1.807) is 0 Å². The van der Waals surface area contributed by atoms with Crippen LogP contribution in [0.15, 0.2) is 59.3 Å². The van der Waals surface area contributed by atoms with Gasteiger partial charge in [0, 0.05) is 35.6 Å². The van der Waals surface area contributed by atoms with E-state index in [0.29, 0.717) is 0 Å². The molecule has 1 N–H and O–H groups in total. The number of rotatable bonds is 5. The van der Waals surface area contributed by atoms with Crippen molar-refractivity contribution in [2.24, 2.45) is 0 Å². The molecule has 0 aliphatic heterocycles. The quantitative estimate of drug-likeness (QED) is 0.654. The van der Waals surface area contributed by atoms with Crippen LogP contribution < -0.4 is 5.32 Å². The van der Waals surface area contributed by atoms with Gasteiger partial charge in [0.2, 0.25) is 0 Å². The lowest BCUT2D eigenvalue weighted by atomic mass is 10.1. The Bertz CT molecular complexity index is 746. The van der Waals surface area contributed by atoms with Gasteiger partial charge in [0.25, 0.3) is 0 Å². The number of nitrogens with zero attached hydrogens (tertiary/aromatic N) is 1. The molecule has 0 atom stereocenters. The molecule has 0 aliphatic rings. The fourth-order valence-electron chi connectivity index (χ4n) is 2.52. The maximum Gasteiger partial charge on any atom is 0.0415 e. The molecular weight excluding hydrogens is 324 g/mol. The van der Waals surface area contributed by atoms with Gasteiger partial charge in [-0.25, -0.2) is 0 Å². The minimum atomic E-state index is 0.860. The SMILES string of the molecule is CCCn1ccc(CNc2ccc3cc(Br)ccc3c2)c1. The first-order valence-corrected chi connectivity index (χ1v) is 8.12. The largest absolute Gasteiger partial charge is 0.381 e. The smallest absolute Gasteiger partial charge is 0.0415 e. The third-order valence-corrected chi connectivity index (χ3v) is 4.09. The normalized spacial score (nSPS) is 11.0. The van der Waals surface area contributed by atoms with Crippen molar-refractivity contribution in [2.75, 3.05) is 5.32 Å². The van der Waals surface area contributed by atoms with E-state index in [2.05, 4.69) is 87.6 Å². The predicted octanol–water partition coefficient (Wildman–Crippen LogP) is 5.43. The number of aryl methyl sites for hydroxylation is 1. The molecule has 0 unspecified atom stereocenters. The van der Waals surface area contributed by atoms with Gasteiger partial charge in [-0.2, -0.15) is 0 Å². The molecule has 0 aliphatic carbocycles. The Hall–Kier alpha value is -1.74. The molecular formula is C18H19BrN2. The molecule has 0 spiro atoms. The summed E-state index contributed by atoms with van der Waals surface area (Å²) in [4.78, 5) is 0. The number of benzene rings is 2. The summed E-state index contributed by atoms with van der Waals surface area (Å²) in [7, 11) is 0. The first-order valence-electron chi connectivity index (χ1n) is 7.32. The lowest BCUT2D eigenvalue weighted by molar-refractivity contribution is 0.682. The van der Waals surface area contributed by atoms with Crippen molar-refractivity contribution in [2.45, 2.75) is 26.4 Å². The van der Waals surface area contributed by atoms with Gasteiger partial charge < -0.3 is 9.88 Å². The number of hydrogen-bond donors (Lipinski definition) is 1. The number of anilines is 1. The van der Waals surface area contributed by atoms with Gasteiger partial charge in [0.15, 0.2) is 0 Å². The summed E-state index contributed by atoms with van der Waals surface area (Å²) in [6, 6.07) is 15.0. The van der Waals surface area contributed by atoms with Crippen LogP contribution >= 0.6 is 15.9 Å². The second kappa shape index (κ2) is 6.35. The summed E-state index contributed by atoms with van der Waals surface area (Å²) < 4.78 is 3.36. The number of fused-ring (bicyclic) bond motifs is 1. The van der Waals surface area contributed by atoms with Crippen molar-refractivity contribution in [3.8, 4) is 0 Å². The van der Waals surface area contributed by atoms with E-state index in [-0.39, 0.29) is 0 Å². The maximum atomic E-state index is 3.51. The van der Waals surface area contributed by atoms with Gasteiger partial charge in [-0.3, -0.25) is 0 Å². The number of halogens is 1. The van der Waals surface area contributed by atoms with Gasteiger partial charge in [0.1, 0.15) is 0 Å². The minimum Gasteiger partial charge on any atom is -0.381 e. The van der Waals surface area contributed by atoms with Crippen molar-refractivity contribution in [3.05, 3.63) is 64.9 Å². The lowest BCUT2D eigenvalue weighted by Gasteiger charge is -2.07. The Kier molecular flexibility index (Phi) is 4.30. The van der Waals surface area contributed by atoms with E-state index < -0.39 is 0 Å². The van der Waals surface area contributed by atoms with Crippen LogP contribution in [-0.2, 0) is 13.1 Å². The summed E-state index contributed by atoms with van der Waals surface area (Å²) in [6.45, 7) is 4.15. The van der Waals surface area contributed by atoms with Crippen LogP contribution in [0.5, 0.6) is 0 Å². The third-order valence-electron chi connectivity index (χ3n) is 3.59. The highest BCUT2D eigenvalue weighted by Crippen LogP contribution is 2.23. The maximum absolute atomic E-state index is 3.51. The van der Waals surface area contributed by atoms with E-state index in [0.717, 1.165) is 23.2 Å². The Balaban J connectivity index is 1.70. The van der Waals surface area contributed by atoms with Crippen molar-refractivity contribution in [1.82, 2.24) is 4.57 Å². The molecule has 2 aromatic carbocycles. The highest BCUT2D eigenvalue weighted by atomic mass is 79.9.